The van der Waals surface area contributed by atoms with Crippen LogP contribution in [0.15, 0.2) is 18.2 Å². The lowest BCUT2D eigenvalue weighted by atomic mass is 9.86. The van der Waals surface area contributed by atoms with Gasteiger partial charge in [-0.1, -0.05) is 6.07 Å². The Balaban J connectivity index is 1.77. The largest absolute Gasteiger partial charge is 0.366 e. The number of nitrogens with two attached hydrogens (primary N) is 1. The summed E-state index contributed by atoms with van der Waals surface area (Å²) in [5.74, 6) is -0.646. The lowest BCUT2D eigenvalue weighted by Gasteiger charge is -2.22. The number of nitrogens with zero attached hydrogens (tertiary/aromatic N) is 2. The van der Waals surface area contributed by atoms with Crippen LogP contribution in [0.5, 0.6) is 0 Å². The number of nitrogens with one attached hydrogen (secondary N) is 1. The molecule has 1 unspecified atom stereocenters. The van der Waals surface area contributed by atoms with Gasteiger partial charge in [0.1, 0.15) is 0 Å². The monoisotopic (exact) mass is 304 g/mol. The molecular weight excluding hydrogens is 284 g/mol. The van der Waals surface area contributed by atoms with Gasteiger partial charge < -0.3 is 11.1 Å². The van der Waals surface area contributed by atoms with E-state index in [1.807, 2.05) is 0 Å². The molecule has 0 saturated carbocycles. The van der Waals surface area contributed by atoms with Gasteiger partial charge in [-0.3, -0.25) is 19.8 Å². The second-order valence-electron chi connectivity index (χ2n) is 6.35. The molecule has 7 nitrogen and oxygen atoms in total. The third-order valence-electron chi connectivity index (χ3n) is 4.81. The van der Waals surface area contributed by atoms with E-state index in [0.29, 0.717) is 17.5 Å². The summed E-state index contributed by atoms with van der Waals surface area (Å²) in [4.78, 5) is 24.3. The number of nitro benzene ring substituents is 1. The van der Waals surface area contributed by atoms with Gasteiger partial charge in [0.05, 0.1) is 4.92 Å². The molecule has 7 heteroatoms. The number of hydrogen-bond donors (Lipinski definition) is 2. The molecule has 3 rings (SSSR count). The van der Waals surface area contributed by atoms with E-state index in [1.54, 1.807) is 12.1 Å². The number of carbonyl (C=O) groups is 1. The Kier molecular flexibility index (Phi) is 3.84. The maximum absolute atomic E-state index is 11.2. The second-order valence-corrected chi connectivity index (χ2v) is 6.35. The predicted octanol–water partition coefficient (Wildman–Crippen LogP) is 0.879. The highest BCUT2D eigenvalue weighted by Gasteiger charge is 2.40. The van der Waals surface area contributed by atoms with Gasteiger partial charge in [0.15, 0.2) is 0 Å². The van der Waals surface area contributed by atoms with Gasteiger partial charge in [-0.05, 0) is 37.4 Å². The van der Waals surface area contributed by atoms with Crippen LogP contribution in [0.1, 0.15) is 28.8 Å². The van der Waals surface area contributed by atoms with Crippen molar-refractivity contribution >= 4 is 11.6 Å². The van der Waals surface area contributed by atoms with E-state index >= 15 is 0 Å². The minimum Gasteiger partial charge on any atom is -0.366 e. The van der Waals surface area contributed by atoms with Gasteiger partial charge in [-0.15, -0.1) is 0 Å². The molecule has 2 fully saturated rings. The molecule has 0 bridgehead atoms. The summed E-state index contributed by atoms with van der Waals surface area (Å²) >= 11 is 0. The first kappa shape index (κ1) is 14.9. The first-order chi connectivity index (χ1) is 10.5. The fourth-order valence-electron chi connectivity index (χ4n) is 3.57. The van der Waals surface area contributed by atoms with Crippen molar-refractivity contribution in [3.05, 3.63) is 39.4 Å². The molecule has 0 aliphatic carbocycles. The highest BCUT2D eigenvalue weighted by molar-refractivity contribution is 5.93. The second kappa shape index (κ2) is 5.66. The quantitative estimate of drug-likeness (QED) is 0.635. The van der Waals surface area contributed by atoms with Crippen molar-refractivity contribution in [3.8, 4) is 0 Å². The van der Waals surface area contributed by atoms with E-state index in [2.05, 4.69) is 10.2 Å². The van der Waals surface area contributed by atoms with Gasteiger partial charge in [-0.2, -0.15) is 0 Å². The highest BCUT2D eigenvalue weighted by atomic mass is 16.6. The van der Waals surface area contributed by atoms with Crippen LogP contribution >= 0.6 is 0 Å². The molecular formula is C15H20N4O3. The average molecular weight is 304 g/mol. The first-order valence-electron chi connectivity index (χ1n) is 7.49. The average Bonchev–Trinajstić information content (AvgIpc) is 3.09. The number of benzene rings is 1. The van der Waals surface area contributed by atoms with Gasteiger partial charge in [0, 0.05) is 36.8 Å². The highest BCUT2D eigenvalue weighted by Crippen LogP contribution is 2.37. The van der Waals surface area contributed by atoms with Crippen molar-refractivity contribution in [2.45, 2.75) is 19.4 Å². The van der Waals surface area contributed by atoms with Crippen molar-refractivity contribution in [1.29, 1.82) is 0 Å². The molecule has 1 spiro atoms. The molecule has 1 aromatic rings. The van der Waals surface area contributed by atoms with Crippen molar-refractivity contribution in [2.75, 3.05) is 26.2 Å². The third-order valence-corrected chi connectivity index (χ3v) is 4.81. The molecule has 118 valence electrons. The Bertz CT molecular complexity index is 611. The van der Waals surface area contributed by atoms with E-state index in [1.165, 1.54) is 12.5 Å². The lowest BCUT2D eigenvalue weighted by Crippen LogP contribution is -2.29. The summed E-state index contributed by atoms with van der Waals surface area (Å²) in [5.41, 5.74) is 6.32. The molecule has 0 radical (unpaired) electrons. The molecule has 1 atom stereocenters. The number of primary amides is 1. The zero-order chi connectivity index (χ0) is 15.7. The Hall–Kier alpha value is -1.99. The molecule has 0 aromatic heterocycles. The van der Waals surface area contributed by atoms with Crippen molar-refractivity contribution in [2.24, 2.45) is 11.1 Å². The third kappa shape index (κ3) is 2.82. The van der Waals surface area contributed by atoms with Gasteiger partial charge in [-0.25, -0.2) is 0 Å². The summed E-state index contributed by atoms with van der Waals surface area (Å²) in [5, 5.41) is 14.6. The Morgan fingerprint density at radius 2 is 2.27 bits per heavy atom. The zero-order valence-corrected chi connectivity index (χ0v) is 12.4. The van der Waals surface area contributed by atoms with Crippen molar-refractivity contribution in [3.63, 3.8) is 0 Å². The number of carbonyl (C=O) groups excluding carboxylic acids is 1. The van der Waals surface area contributed by atoms with Crippen LogP contribution in [0.3, 0.4) is 0 Å². The van der Waals surface area contributed by atoms with Gasteiger partial charge in [0.2, 0.25) is 5.91 Å². The summed E-state index contributed by atoms with van der Waals surface area (Å²) in [7, 11) is 0. The summed E-state index contributed by atoms with van der Waals surface area (Å²) in [6, 6.07) is 4.49. The number of rotatable bonds is 4. The van der Waals surface area contributed by atoms with Crippen LogP contribution in [-0.2, 0) is 6.54 Å². The molecule has 2 heterocycles. The number of nitro groups is 1. The lowest BCUT2D eigenvalue weighted by molar-refractivity contribution is -0.385. The number of hydrogen-bond acceptors (Lipinski definition) is 5. The van der Waals surface area contributed by atoms with Crippen molar-refractivity contribution in [1.82, 2.24) is 10.2 Å². The molecule has 2 aliphatic heterocycles. The van der Waals surface area contributed by atoms with E-state index in [-0.39, 0.29) is 11.3 Å². The van der Waals surface area contributed by atoms with Crippen LogP contribution < -0.4 is 11.1 Å². The van der Waals surface area contributed by atoms with Crippen LogP contribution in [-0.4, -0.2) is 41.9 Å². The normalized spacial score (nSPS) is 24.9. The number of likely N-dealkylation sites (tertiary alicyclic amines) is 1. The van der Waals surface area contributed by atoms with Crippen molar-refractivity contribution < 1.29 is 9.72 Å². The fraction of sp³-hybridized carbons (Fsp3) is 0.533. The zero-order valence-electron chi connectivity index (χ0n) is 12.4. The molecule has 2 saturated heterocycles. The summed E-state index contributed by atoms with van der Waals surface area (Å²) < 4.78 is 0. The molecule has 22 heavy (non-hydrogen) atoms. The Labute approximate surface area is 128 Å². The molecule has 1 aromatic carbocycles. The molecule has 3 N–H and O–H groups in total. The topological polar surface area (TPSA) is 102 Å². The fourth-order valence-corrected chi connectivity index (χ4v) is 3.57. The van der Waals surface area contributed by atoms with Crippen LogP contribution in [0.4, 0.5) is 5.69 Å². The summed E-state index contributed by atoms with van der Waals surface area (Å²) in [6.07, 6.45) is 2.30. The maximum Gasteiger partial charge on any atom is 0.274 e. The molecule has 1 amide bonds. The van der Waals surface area contributed by atoms with Crippen LogP contribution in [0.25, 0.3) is 0 Å². The van der Waals surface area contributed by atoms with E-state index in [0.717, 1.165) is 32.6 Å². The minimum atomic E-state index is -0.646. The van der Waals surface area contributed by atoms with Gasteiger partial charge >= 0.3 is 0 Å². The summed E-state index contributed by atoms with van der Waals surface area (Å²) in [6.45, 7) is 4.55. The first-order valence-corrected chi connectivity index (χ1v) is 7.49. The Morgan fingerprint density at radius 3 is 2.91 bits per heavy atom. The molecule has 2 aliphatic rings. The van der Waals surface area contributed by atoms with E-state index < -0.39 is 10.8 Å². The van der Waals surface area contributed by atoms with Crippen LogP contribution in [0, 0.1) is 15.5 Å². The smallest absolute Gasteiger partial charge is 0.274 e. The number of amides is 1. The van der Waals surface area contributed by atoms with E-state index in [9.17, 15) is 14.9 Å². The minimum absolute atomic E-state index is 0.0261. The van der Waals surface area contributed by atoms with E-state index in [4.69, 9.17) is 5.73 Å². The maximum atomic E-state index is 11.2. The van der Waals surface area contributed by atoms with Gasteiger partial charge in [0.25, 0.3) is 5.69 Å². The standard InChI is InChI=1S/C15H20N4O3/c16-14(20)11-1-2-12(13(7-11)19(21)22)8-18-6-4-15(10-18)3-5-17-9-15/h1-2,7,17H,3-6,8-10H2,(H2,16,20). The predicted molar refractivity (Wildman–Crippen MR) is 81.4 cm³/mol. The van der Waals surface area contributed by atoms with Crippen LogP contribution in [0.2, 0.25) is 0 Å². The SMILES string of the molecule is NC(=O)c1ccc(CN2CCC3(CCNC3)C2)c([N+](=O)[O-])c1. The Morgan fingerprint density at radius 1 is 1.45 bits per heavy atom.